The molecule has 0 spiro atoms. The van der Waals surface area contributed by atoms with E-state index in [1.165, 1.54) is 6.42 Å². The van der Waals surface area contributed by atoms with E-state index in [9.17, 15) is 9.90 Å². The zero-order valence-corrected chi connectivity index (χ0v) is 13.2. The number of benzene rings is 1. The number of anilines is 1. The lowest BCUT2D eigenvalue weighted by molar-refractivity contribution is 0.0564. The van der Waals surface area contributed by atoms with Crippen LogP contribution in [0.3, 0.4) is 0 Å². The van der Waals surface area contributed by atoms with Crippen LogP contribution in [-0.2, 0) is 0 Å². The van der Waals surface area contributed by atoms with E-state index in [1.54, 1.807) is 6.07 Å². The quantitative estimate of drug-likeness (QED) is 0.893. The van der Waals surface area contributed by atoms with Gasteiger partial charge in [0.25, 0.3) is 5.56 Å². The van der Waals surface area contributed by atoms with Crippen molar-refractivity contribution >= 4 is 16.9 Å². The monoisotopic (exact) mass is 313 g/mol. The topological polar surface area (TPSA) is 69.2 Å². The largest absolute Gasteiger partial charge is 0.393 e. The number of para-hydroxylation sites is 1. The van der Waals surface area contributed by atoms with Crippen LogP contribution in [0.5, 0.6) is 0 Å². The summed E-state index contributed by atoms with van der Waals surface area (Å²) >= 11 is 0. The zero-order valence-electron chi connectivity index (χ0n) is 13.2. The smallest absolute Gasteiger partial charge is 0.260 e. The molecule has 0 unspecified atom stereocenters. The van der Waals surface area contributed by atoms with Crippen LogP contribution < -0.4 is 10.5 Å². The highest BCUT2D eigenvalue weighted by Crippen LogP contribution is 2.36. The SMILES string of the molecule is O=c1[nH]c(N2CCC[C@@H]2[C@@H]2CCCC[C@H]2O)nc2ccccc12. The lowest BCUT2D eigenvalue weighted by Gasteiger charge is -2.37. The van der Waals surface area contributed by atoms with E-state index in [1.807, 2.05) is 18.2 Å². The van der Waals surface area contributed by atoms with Crippen molar-refractivity contribution in [2.24, 2.45) is 5.92 Å². The number of hydrogen-bond donors (Lipinski definition) is 2. The molecule has 23 heavy (non-hydrogen) atoms. The molecule has 5 heteroatoms. The van der Waals surface area contributed by atoms with Gasteiger partial charge in [-0.3, -0.25) is 9.78 Å². The summed E-state index contributed by atoms with van der Waals surface area (Å²) in [5, 5.41) is 11.0. The highest BCUT2D eigenvalue weighted by molar-refractivity contribution is 5.78. The van der Waals surface area contributed by atoms with Gasteiger partial charge in [-0.25, -0.2) is 4.98 Å². The summed E-state index contributed by atoms with van der Waals surface area (Å²) in [7, 11) is 0. The van der Waals surface area contributed by atoms with Crippen molar-refractivity contribution < 1.29 is 5.11 Å². The number of aliphatic hydroxyl groups excluding tert-OH is 1. The van der Waals surface area contributed by atoms with Crippen molar-refractivity contribution in [1.29, 1.82) is 0 Å². The normalized spacial score (nSPS) is 28.4. The van der Waals surface area contributed by atoms with Gasteiger partial charge >= 0.3 is 0 Å². The molecule has 0 amide bonds. The van der Waals surface area contributed by atoms with Crippen LogP contribution >= 0.6 is 0 Å². The second-order valence-electron chi connectivity index (χ2n) is 6.83. The maximum atomic E-state index is 12.3. The fourth-order valence-electron chi connectivity index (χ4n) is 4.30. The van der Waals surface area contributed by atoms with Crippen LogP contribution in [0.2, 0.25) is 0 Å². The zero-order chi connectivity index (χ0) is 15.8. The average Bonchev–Trinajstić information content (AvgIpc) is 3.05. The minimum absolute atomic E-state index is 0.0829. The molecular weight excluding hydrogens is 290 g/mol. The Labute approximate surface area is 135 Å². The fourth-order valence-corrected chi connectivity index (χ4v) is 4.30. The van der Waals surface area contributed by atoms with Gasteiger partial charge in [-0.15, -0.1) is 0 Å². The minimum Gasteiger partial charge on any atom is -0.393 e. The molecule has 2 fully saturated rings. The molecule has 1 aliphatic heterocycles. The molecule has 1 aromatic carbocycles. The van der Waals surface area contributed by atoms with Gasteiger partial charge in [0.15, 0.2) is 0 Å². The Kier molecular flexibility index (Phi) is 3.81. The maximum Gasteiger partial charge on any atom is 0.260 e. The Morgan fingerprint density at radius 3 is 2.83 bits per heavy atom. The molecule has 1 aromatic heterocycles. The number of aromatic nitrogens is 2. The number of nitrogens with one attached hydrogen (secondary N) is 1. The molecule has 0 bridgehead atoms. The van der Waals surface area contributed by atoms with Gasteiger partial charge in [-0.05, 0) is 37.8 Å². The highest BCUT2D eigenvalue weighted by atomic mass is 16.3. The molecule has 3 atom stereocenters. The van der Waals surface area contributed by atoms with E-state index in [0.717, 1.165) is 44.2 Å². The van der Waals surface area contributed by atoms with Gasteiger partial charge < -0.3 is 10.0 Å². The lowest BCUT2D eigenvalue weighted by Crippen LogP contribution is -2.43. The number of rotatable bonds is 2. The van der Waals surface area contributed by atoms with Gasteiger partial charge in [0.1, 0.15) is 0 Å². The van der Waals surface area contributed by atoms with Crippen LogP contribution in [0.15, 0.2) is 29.1 Å². The first-order valence-corrected chi connectivity index (χ1v) is 8.68. The molecule has 2 aliphatic rings. The first-order chi connectivity index (χ1) is 11.2. The number of hydrogen-bond acceptors (Lipinski definition) is 4. The molecule has 122 valence electrons. The summed E-state index contributed by atoms with van der Waals surface area (Å²) in [4.78, 5) is 22.2. The minimum atomic E-state index is -0.221. The Bertz CT molecular complexity index is 757. The van der Waals surface area contributed by atoms with Crippen LogP contribution in [0.25, 0.3) is 10.9 Å². The summed E-state index contributed by atoms with van der Waals surface area (Å²) < 4.78 is 0. The summed E-state index contributed by atoms with van der Waals surface area (Å²) in [6, 6.07) is 7.74. The van der Waals surface area contributed by atoms with E-state index in [0.29, 0.717) is 17.3 Å². The number of nitrogens with zero attached hydrogens (tertiary/aromatic N) is 2. The Morgan fingerprint density at radius 1 is 1.13 bits per heavy atom. The van der Waals surface area contributed by atoms with Crippen LogP contribution in [0, 0.1) is 5.92 Å². The predicted molar refractivity (Wildman–Crippen MR) is 90.7 cm³/mol. The average molecular weight is 313 g/mol. The third-order valence-electron chi connectivity index (χ3n) is 5.45. The van der Waals surface area contributed by atoms with Crippen molar-refractivity contribution in [2.75, 3.05) is 11.4 Å². The van der Waals surface area contributed by atoms with Crippen LogP contribution in [0.4, 0.5) is 5.95 Å². The first kappa shape index (κ1) is 14.7. The van der Waals surface area contributed by atoms with Gasteiger partial charge in [-0.2, -0.15) is 0 Å². The molecule has 2 aromatic rings. The van der Waals surface area contributed by atoms with Crippen molar-refractivity contribution in [3.63, 3.8) is 0 Å². The molecule has 4 rings (SSSR count). The van der Waals surface area contributed by atoms with Crippen molar-refractivity contribution in [3.8, 4) is 0 Å². The molecule has 2 N–H and O–H groups in total. The van der Waals surface area contributed by atoms with Crippen LogP contribution in [0.1, 0.15) is 38.5 Å². The van der Waals surface area contributed by atoms with Crippen molar-refractivity contribution in [3.05, 3.63) is 34.6 Å². The van der Waals surface area contributed by atoms with E-state index >= 15 is 0 Å². The highest BCUT2D eigenvalue weighted by Gasteiger charge is 2.37. The molecular formula is C18H23N3O2. The maximum absolute atomic E-state index is 12.3. The number of H-pyrrole nitrogens is 1. The van der Waals surface area contributed by atoms with E-state index in [4.69, 9.17) is 0 Å². The third kappa shape index (κ3) is 2.63. The van der Waals surface area contributed by atoms with Crippen LogP contribution in [-0.4, -0.2) is 33.8 Å². The van der Waals surface area contributed by atoms with Crippen molar-refractivity contribution in [1.82, 2.24) is 9.97 Å². The lowest BCUT2D eigenvalue weighted by atomic mass is 9.80. The standard InChI is InChI=1S/C18H23N3O2/c22-16-10-4-2-7-13(16)15-9-5-11-21(15)18-19-14-8-3-1-6-12(14)17(23)20-18/h1,3,6,8,13,15-16,22H,2,4-5,7,9-11H2,(H,19,20,23)/t13-,15+,16+/m0/s1. The van der Waals surface area contributed by atoms with Gasteiger partial charge in [0.2, 0.25) is 5.95 Å². The van der Waals surface area contributed by atoms with E-state index in [-0.39, 0.29) is 17.7 Å². The number of aromatic amines is 1. The predicted octanol–water partition coefficient (Wildman–Crippen LogP) is 2.44. The molecule has 1 saturated heterocycles. The second kappa shape index (κ2) is 5.96. The third-order valence-corrected chi connectivity index (χ3v) is 5.45. The Balaban J connectivity index is 1.70. The first-order valence-electron chi connectivity index (χ1n) is 8.68. The number of aliphatic hydroxyl groups is 1. The summed E-state index contributed by atoms with van der Waals surface area (Å²) in [5.74, 6) is 0.956. The van der Waals surface area contributed by atoms with Gasteiger partial charge in [0.05, 0.1) is 17.0 Å². The Morgan fingerprint density at radius 2 is 1.96 bits per heavy atom. The molecule has 5 nitrogen and oxygen atoms in total. The van der Waals surface area contributed by atoms with Crippen molar-refractivity contribution in [2.45, 2.75) is 50.7 Å². The molecule has 1 saturated carbocycles. The summed E-state index contributed by atoms with van der Waals surface area (Å²) in [6.45, 7) is 0.898. The molecule has 2 heterocycles. The molecule has 1 aliphatic carbocycles. The van der Waals surface area contributed by atoms with Gasteiger partial charge in [-0.1, -0.05) is 25.0 Å². The summed E-state index contributed by atoms with van der Waals surface area (Å²) in [6.07, 6.45) is 6.21. The fraction of sp³-hybridized carbons (Fsp3) is 0.556. The van der Waals surface area contributed by atoms with E-state index < -0.39 is 0 Å². The van der Waals surface area contributed by atoms with E-state index in [2.05, 4.69) is 14.9 Å². The Hall–Kier alpha value is -1.88. The second-order valence-corrected chi connectivity index (χ2v) is 6.83. The summed E-state index contributed by atoms with van der Waals surface area (Å²) in [5.41, 5.74) is 0.654. The van der Waals surface area contributed by atoms with Gasteiger partial charge in [0, 0.05) is 18.5 Å². The number of fused-ring (bicyclic) bond motifs is 1. The molecule has 0 radical (unpaired) electrons.